The van der Waals surface area contributed by atoms with E-state index in [1.54, 1.807) is 0 Å². The minimum atomic E-state index is 0.160. The number of nitrogens with one attached hydrogen (secondary N) is 1. The first-order valence-corrected chi connectivity index (χ1v) is 7.75. The average molecular weight is 345 g/mol. The van der Waals surface area contributed by atoms with Crippen LogP contribution in [0, 0.1) is 6.92 Å². The van der Waals surface area contributed by atoms with E-state index in [9.17, 15) is 0 Å². The van der Waals surface area contributed by atoms with E-state index in [4.69, 9.17) is 4.42 Å². The van der Waals surface area contributed by atoms with E-state index in [0.717, 1.165) is 21.5 Å². The summed E-state index contributed by atoms with van der Waals surface area (Å²) in [6.07, 6.45) is 0.716. The highest BCUT2D eigenvalue weighted by Crippen LogP contribution is 2.29. The summed E-state index contributed by atoms with van der Waals surface area (Å²) in [5.74, 6) is 0.754. The first kappa shape index (κ1) is 14.3. The maximum absolute atomic E-state index is 5.83. The summed E-state index contributed by atoms with van der Waals surface area (Å²) in [7, 11) is 1.96. The van der Waals surface area contributed by atoms with Gasteiger partial charge >= 0.3 is 0 Å². The fourth-order valence-electron chi connectivity index (χ4n) is 2.49. The number of hydrogen-bond donors (Lipinski definition) is 1. The van der Waals surface area contributed by atoms with Gasteiger partial charge in [0.2, 0.25) is 0 Å². The van der Waals surface area contributed by atoms with Crippen molar-refractivity contribution in [1.82, 2.24) is 10.3 Å². The lowest BCUT2D eigenvalue weighted by atomic mass is 10.0. The van der Waals surface area contributed by atoms with Gasteiger partial charge in [0.15, 0.2) is 11.5 Å². The van der Waals surface area contributed by atoms with Crippen LogP contribution in [0.4, 0.5) is 0 Å². The monoisotopic (exact) mass is 344 g/mol. The number of rotatable bonds is 4. The first-order chi connectivity index (χ1) is 10.2. The lowest BCUT2D eigenvalue weighted by Crippen LogP contribution is -2.19. The van der Waals surface area contributed by atoms with E-state index >= 15 is 0 Å². The Balaban J connectivity index is 1.92. The van der Waals surface area contributed by atoms with Gasteiger partial charge in [-0.05, 0) is 37.2 Å². The van der Waals surface area contributed by atoms with Gasteiger partial charge in [-0.2, -0.15) is 0 Å². The molecule has 2 aromatic carbocycles. The Hall–Kier alpha value is -1.65. The van der Waals surface area contributed by atoms with Crippen LogP contribution in [-0.2, 0) is 6.42 Å². The minimum Gasteiger partial charge on any atom is -0.441 e. The van der Waals surface area contributed by atoms with Crippen molar-refractivity contribution < 1.29 is 4.42 Å². The second kappa shape index (κ2) is 6.00. The first-order valence-electron chi connectivity index (χ1n) is 6.95. The fraction of sp³-hybridized carbons (Fsp3) is 0.235. The predicted octanol–water partition coefficient (Wildman–Crippen LogP) is 4.40. The van der Waals surface area contributed by atoms with E-state index in [0.29, 0.717) is 6.42 Å². The molecule has 0 fully saturated rings. The standard InChI is InChI=1S/C17H17BrN2O/c1-11-6-5-7-12(17(11)18)14(19-2)10-16-20-13-8-3-4-9-15(13)21-16/h3-9,14,19H,10H2,1-2H3. The van der Waals surface area contributed by atoms with Crippen LogP contribution < -0.4 is 5.32 Å². The summed E-state index contributed by atoms with van der Waals surface area (Å²) in [4.78, 5) is 4.56. The molecule has 1 N–H and O–H groups in total. The quantitative estimate of drug-likeness (QED) is 0.762. The van der Waals surface area contributed by atoms with E-state index in [1.807, 2.05) is 31.3 Å². The number of nitrogens with zero attached hydrogens (tertiary/aromatic N) is 1. The Labute approximate surface area is 132 Å². The number of aromatic nitrogens is 1. The van der Waals surface area contributed by atoms with E-state index < -0.39 is 0 Å². The fourth-order valence-corrected chi connectivity index (χ4v) is 3.03. The summed E-state index contributed by atoms with van der Waals surface area (Å²) in [6, 6.07) is 14.3. The maximum atomic E-state index is 5.83. The lowest BCUT2D eigenvalue weighted by Gasteiger charge is -2.17. The molecule has 1 aromatic heterocycles. The molecular weight excluding hydrogens is 328 g/mol. The van der Waals surface area contributed by atoms with Crippen molar-refractivity contribution in [3.63, 3.8) is 0 Å². The van der Waals surface area contributed by atoms with Crippen LogP contribution in [0.15, 0.2) is 51.4 Å². The molecule has 21 heavy (non-hydrogen) atoms. The summed E-state index contributed by atoms with van der Waals surface area (Å²) >= 11 is 3.68. The molecule has 3 rings (SSSR count). The smallest absolute Gasteiger partial charge is 0.197 e. The number of oxazole rings is 1. The Morgan fingerprint density at radius 2 is 2.00 bits per heavy atom. The molecule has 0 bridgehead atoms. The zero-order valence-corrected chi connectivity index (χ0v) is 13.6. The Kier molecular flexibility index (Phi) is 4.08. The van der Waals surface area contributed by atoms with Crippen molar-refractivity contribution in [2.75, 3.05) is 7.05 Å². The normalized spacial score (nSPS) is 12.7. The molecule has 108 valence electrons. The van der Waals surface area contributed by atoms with Crippen molar-refractivity contribution in [3.05, 3.63) is 64.0 Å². The number of halogens is 1. The minimum absolute atomic E-state index is 0.160. The van der Waals surface area contributed by atoms with Crippen molar-refractivity contribution in [2.24, 2.45) is 0 Å². The third-order valence-corrected chi connectivity index (χ3v) is 4.75. The molecule has 4 heteroatoms. The molecule has 0 radical (unpaired) electrons. The molecular formula is C17H17BrN2O. The predicted molar refractivity (Wildman–Crippen MR) is 88.4 cm³/mol. The van der Waals surface area contributed by atoms with Gasteiger partial charge in [-0.3, -0.25) is 0 Å². The largest absolute Gasteiger partial charge is 0.441 e. The number of para-hydroxylation sites is 2. The van der Waals surface area contributed by atoms with Crippen molar-refractivity contribution in [2.45, 2.75) is 19.4 Å². The lowest BCUT2D eigenvalue weighted by molar-refractivity contribution is 0.473. The summed E-state index contributed by atoms with van der Waals surface area (Å²) in [5, 5.41) is 3.35. The molecule has 0 aliphatic carbocycles. The van der Waals surface area contributed by atoms with Gasteiger partial charge in [0.05, 0.1) is 0 Å². The molecule has 1 heterocycles. The second-order valence-corrected chi connectivity index (χ2v) is 5.89. The van der Waals surface area contributed by atoms with Crippen LogP contribution in [0.1, 0.15) is 23.1 Å². The zero-order chi connectivity index (χ0) is 14.8. The van der Waals surface area contributed by atoms with Crippen molar-refractivity contribution >= 4 is 27.0 Å². The number of benzene rings is 2. The Morgan fingerprint density at radius 1 is 1.19 bits per heavy atom. The molecule has 0 saturated heterocycles. The second-order valence-electron chi connectivity index (χ2n) is 5.10. The van der Waals surface area contributed by atoms with Gasteiger partial charge in [0.1, 0.15) is 5.52 Å². The van der Waals surface area contributed by atoms with Crippen LogP contribution >= 0.6 is 15.9 Å². The highest BCUT2D eigenvalue weighted by molar-refractivity contribution is 9.10. The van der Waals surface area contributed by atoms with E-state index in [1.165, 1.54) is 11.1 Å². The molecule has 0 amide bonds. The van der Waals surface area contributed by atoms with Crippen LogP contribution in [0.25, 0.3) is 11.1 Å². The third kappa shape index (κ3) is 2.87. The van der Waals surface area contributed by atoms with E-state index in [-0.39, 0.29) is 6.04 Å². The van der Waals surface area contributed by atoms with Crippen LogP contribution in [0.3, 0.4) is 0 Å². The number of likely N-dealkylation sites (N-methyl/N-ethyl adjacent to an activating group) is 1. The number of hydrogen-bond acceptors (Lipinski definition) is 3. The van der Waals surface area contributed by atoms with Gasteiger partial charge in [-0.1, -0.05) is 46.3 Å². The molecule has 0 saturated carbocycles. The topological polar surface area (TPSA) is 38.1 Å². The molecule has 3 nitrogen and oxygen atoms in total. The van der Waals surface area contributed by atoms with Gasteiger partial charge < -0.3 is 9.73 Å². The van der Waals surface area contributed by atoms with Crippen LogP contribution in [0.2, 0.25) is 0 Å². The zero-order valence-electron chi connectivity index (χ0n) is 12.1. The Morgan fingerprint density at radius 3 is 2.76 bits per heavy atom. The maximum Gasteiger partial charge on any atom is 0.197 e. The van der Waals surface area contributed by atoms with Crippen LogP contribution in [-0.4, -0.2) is 12.0 Å². The highest BCUT2D eigenvalue weighted by Gasteiger charge is 2.17. The summed E-state index contributed by atoms with van der Waals surface area (Å²) in [5.41, 5.74) is 4.20. The van der Waals surface area contributed by atoms with Crippen molar-refractivity contribution in [1.29, 1.82) is 0 Å². The van der Waals surface area contributed by atoms with Gasteiger partial charge in [-0.25, -0.2) is 4.98 Å². The molecule has 1 unspecified atom stereocenters. The summed E-state index contributed by atoms with van der Waals surface area (Å²) in [6.45, 7) is 2.10. The SMILES string of the molecule is CNC(Cc1nc2ccccc2o1)c1cccc(C)c1Br. The Bertz CT molecular complexity index is 733. The third-order valence-electron chi connectivity index (χ3n) is 3.66. The molecule has 0 aliphatic heterocycles. The molecule has 3 aromatic rings. The van der Waals surface area contributed by atoms with Gasteiger partial charge in [0, 0.05) is 16.9 Å². The van der Waals surface area contributed by atoms with Gasteiger partial charge in [-0.15, -0.1) is 0 Å². The summed E-state index contributed by atoms with van der Waals surface area (Å²) < 4.78 is 6.96. The van der Waals surface area contributed by atoms with Crippen molar-refractivity contribution in [3.8, 4) is 0 Å². The van der Waals surface area contributed by atoms with Crippen LogP contribution in [0.5, 0.6) is 0 Å². The van der Waals surface area contributed by atoms with Gasteiger partial charge in [0.25, 0.3) is 0 Å². The number of fused-ring (bicyclic) bond motifs is 1. The highest BCUT2D eigenvalue weighted by atomic mass is 79.9. The number of aryl methyl sites for hydroxylation is 1. The average Bonchev–Trinajstić information content (AvgIpc) is 2.90. The molecule has 0 spiro atoms. The molecule has 0 aliphatic rings. The molecule has 1 atom stereocenters. The van der Waals surface area contributed by atoms with E-state index in [2.05, 4.69) is 51.4 Å².